The maximum atomic E-state index is 13.9. The summed E-state index contributed by atoms with van der Waals surface area (Å²) in [4.78, 5) is 171. The molecule has 8 aromatic rings. The summed E-state index contributed by atoms with van der Waals surface area (Å²) in [5, 5.41) is 2.15. The van der Waals surface area contributed by atoms with Crippen LogP contribution in [0.25, 0.3) is 43.6 Å². The van der Waals surface area contributed by atoms with E-state index >= 15 is 0 Å². The van der Waals surface area contributed by atoms with Crippen molar-refractivity contribution >= 4 is 66.9 Å². The van der Waals surface area contributed by atoms with Gasteiger partial charge in [-0.25, -0.2) is 19.2 Å². The van der Waals surface area contributed by atoms with Gasteiger partial charge >= 0.3 is 28.7 Å². The fourth-order valence-electron chi connectivity index (χ4n) is 32.6. The second kappa shape index (κ2) is 41.1. The summed E-state index contributed by atoms with van der Waals surface area (Å²) in [6, 6.07) is 35.0. The smallest absolute Gasteiger partial charge is 0.332 e. The Bertz CT molecular complexity index is 6270. The van der Waals surface area contributed by atoms with E-state index in [0.29, 0.717) is 110 Å². The van der Waals surface area contributed by atoms with Crippen molar-refractivity contribution in [3.63, 3.8) is 0 Å². The lowest BCUT2D eigenvalue weighted by atomic mass is 9.68. The average molecular weight is 1880 g/mol. The number of fused-ring (bicyclic) bond motifs is 20. The van der Waals surface area contributed by atoms with Crippen molar-refractivity contribution in [1.29, 1.82) is 0 Å². The van der Waals surface area contributed by atoms with Crippen LogP contribution in [0.3, 0.4) is 0 Å². The number of H-pyrrole nitrogens is 1. The van der Waals surface area contributed by atoms with Crippen LogP contribution in [0.5, 0.6) is 0 Å². The van der Waals surface area contributed by atoms with Gasteiger partial charge in [0, 0.05) is 110 Å². The summed E-state index contributed by atoms with van der Waals surface area (Å²) in [6.07, 6.45) is 55.0. The highest BCUT2D eigenvalue weighted by Crippen LogP contribution is 2.53. The molecule has 25 nitrogen and oxygen atoms in total. The standard InChI is InChI=1S/C31H41N3O4.C29H39N3O4.C28H37N3O3.C25H33N3O2/c1-20(35)12-13-27(36)19-32-29-11-3-2-10-28(29)30(37)34(31(32)38)26-17-23-8-5-9-24(18-26)33(23)25-15-21-6-4-7-22(14-21)16-25;1-2-36-27(33)18-30-26-12-4-3-11-25(26)28(34)32(29(30)35)24-16-21-9-6-10-22(17-24)31(21)23-14-19-7-5-8-20(13-19)15-23;1-18(32)17-29-26-11-3-2-10-25(26)27(33)31(28(29)34)24-15-21-8-5-9-22(16-24)30(21)23-13-19-6-4-7-20(12-19)14-23;29-24-22-9-1-2-10-23(22)26-25(30)28(24)21-14-18-7-4-8-19(15-21)27(18)20-12-16-5-3-6-17(11-16)13-20/h2-3,10-11,21-26H,4-9,12-19H2,1H3;3-4,11-12,19-24H,2,5-10,13-18H2,1H3;2-3,10-11,19-24H,4-9,12-17H2,1H3;1-2,9-10,16-21H,3-8,11-15H2,(H,26,30). The first-order valence-corrected chi connectivity index (χ1v) is 54.8. The first-order chi connectivity index (χ1) is 67.1. The number of aromatic nitrogens is 8. The Morgan fingerprint density at radius 1 is 0.283 bits per heavy atom. The number of carbonyl (C=O) groups is 4. The summed E-state index contributed by atoms with van der Waals surface area (Å²) in [5.74, 6) is 6.47. The maximum absolute atomic E-state index is 13.9. The lowest BCUT2D eigenvalue weighted by molar-refractivity contribution is -0.143. The van der Waals surface area contributed by atoms with Crippen molar-refractivity contribution in [3.05, 3.63) is 180 Å². The largest absolute Gasteiger partial charge is 0.465 e. The van der Waals surface area contributed by atoms with E-state index in [1.165, 1.54) is 247 Å². The van der Waals surface area contributed by atoms with E-state index in [-0.39, 0.29) is 126 Å². The van der Waals surface area contributed by atoms with Gasteiger partial charge in [-0.15, -0.1) is 0 Å². The quantitative estimate of drug-likeness (QED) is 0.0781. The summed E-state index contributed by atoms with van der Waals surface area (Å²) in [5.41, 5.74) is 0.146. The Morgan fingerprint density at radius 3 is 0.855 bits per heavy atom. The van der Waals surface area contributed by atoms with E-state index in [9.17, 15) is 57.5 Å². The Balaban J connectivity index is 0.000000110. The number of benzene rings is 4. The number of ketones is 3. The van der Waals surface area contributed by atoms with Gasteiger partial charge in [-0.05, 0) is 296 Å². The van der Waals surface area contributed by atoms with Crippen LogP contribution >= 0.6 is 0 Å². The van der Waals surface area contributed by atoms with Gasteiger partial charge in [0.25, 0.3) is 22.2 Å². The fourth-order valence-corrected chi connectivity index (χ4v) is 32.6. The second-order valence-electron chi connectivity index (χ2n) is 46.4. The second-order valence-corrected chi connectivity index (χ2v) is 46.4. The van der Waals surface area contributed by atoms with Gasteiger partial charge in [0.1, 0.15) is 18.1 Å². The van der Waals surface area contributed by atoms with Gasteiger partial charge in [0.05, 0.1) is 63.3 Å². The molecule has 8 aliphatic carbocycles. The number of para-hydroxylation sites is 4. The third-order valence-electron chi connectivity index (χ3n) is 37.7. The van der Waals surface area contributed by atoms with Crippen molar-refractivity contribution in [2.75, 3.05) is 6.61 Å². The maximum Gasteiger partial charge on any atom is 0.332 e. The van der Waals surface area contributed by atoms with Gasteiger partial charge in [0.15, 0.2) is 5.78 Å². The molecular weight excluding hydrogens is 1730 g/mol. The zero-order valence-corrected chi connectivity index (χ0v) is 82.2. The molecule has 16 bridgehead atoms. The summed E-state index contributed by atoms with van der Waals surface area (Å²) < 4.78 is 15.6. The average Bonchev–Trinajstić information content (AvgIpc) is 0.749. The molecule has 16 aliphatic rings. The number of nitrogens with zero attached hydrogens (tertiary/aromatic N) is 11. The molecule has 0 radical (unpaired) electrons. The number of rotatable bonds is 18. The molecule has 12 heterocycles. The van der Waals surface area contributed by atoms with E-state index in [2.05, 4.69) is 24.6 Å². The number of esters is 1. The van der Waals surface area contributed by atoms with Gasteiger partial charge in [-0.3, -0.25) is 85.1 Å². The third-order valence-corrected chi connectivity index (χ3v) is 37.7. The van der Waals surface area contributed by atoms with Gasteiger partial charge in [-0.1, -0.05) is 151 Å². The molecule has 16 fully saturated rings. The van der Waals surface area contributed by atoms with Crippen molar-refractivity contribution in [1.82, 2.24) is 56.6 Å². The van der Waals surface area contributed by atoms with Crippen LogP contribution in [-0.2, 0) is 43.5 Å². The van der Waals surface area contributed by atoms with Crippen LogP contribution in [0.15, 0.2) is 135 Å². The van der Waals surface area contributed by atoms with Crippen LogP contribution < -0.4 is 45.0 Å². The molecule has 0 amide bonds. The first-order valence-electron chi connectivity index (χ1n) is 54.8. The predicted octanol–water partition coefficient (Wildman–Crippen LogP) is 17.4. The number of aromatic amines is 1. The molecule has 138 heavy (non-hydrogen) atoms. The molecule has 16 atom stereocenters. The number of hydrogen-bond acceptors (Lipinski definition) is 17. The minimum atomic E-state index is -0.454. The van der Waals surface area contributed by atoms with Crippen LogP contribution in [0, 0.1) is 47.3 Å². The highest BCUT2D eigenvalue weighted by Gasteiger charge is 2.52. The molecule has 1 N–H and O–H groups in total. The Labute approximate surface area is 809 Å². The molecule has 740 valence electrons. The molecule has 0 spiro atoms. The van der Waals surface area contributed by atoms with Crippen LogP contribution in [0.1, 0.15) is 340 Å². The minimum absolute atomic E-state index is 0.0101. The molecule has 25 heteroatoms. The molecular formula is C113H150N12O13. The summed E-state index contributed by atoms with van der Waals surface area (Å²) in [7, 11) is 0. The number of Topliss-reactive ketones (excluding diaryl/α,β-unsaturated/α-hetero) is 3. The van der Waals surface area contributed by atoms with E-state index in [0.717, 1.165) is 130 Å². The van der Waals surface area contributed by atoms with E-state index in [1.54, 1.807) is 60.0 Å². The van der Waals surface area contributed by atoms with Crippen molar-refractivity contribution in [3.8, 4) is 0 Å². The summed E-state index contributed by atoms with van der Waals surface area (Å²) in [6.45, 7) is 4.71. The fraction of sp³-hybridized carbons (Fsp3) is 0.681. The monoisotopic (exact) mass is 1880 g/mol. The molecule has 24 rings (SSSR count). The lowest BCUT2D eigenvalue weighted by Gasteiger charge is -2.55. The zero-order chi connectivity index (χ0) is 94.8. The molecule has 16 unspecified atom stereocenters. The SMILES string of the molecule is CC(=O)CCC(=O)Cn1c(=O)n(C2CC3CCCC(C2)N3C2CC3CCCC(C3)C2)c(=O)c2ccccc21.CC(=O)Cn1c(=O)n(C2CC3CCCC(C2)N3C2CC3CCCC(C3)C2)c(=O)c2ccccc21.CCOC(=O)Cn1c(=O)n(C2CC3CCCC(C2)N3C2CC3CCCC(C3)C2)c(=O)c2ccccc21.O=c1[nH]c2ccccc2c(=O)n1C1CC2CCCC(C1)N2C1CC2CCCC(C2)C1. The van der Waals surface area contributed by atoms with E-state index < -0.39 is 5.97 Å². The van der Waals surface area contributed by atoms with Crippen molar-refractivity contribution in [2.45, 2.75) is 432 Å². The lowest BCUT2D eigenvalue weighted by Crippen LogP contribution is -2.59. The number of nitrogens with one attached hydrogen (secondary N) is 1. The van der Waals surface area contributed by atoms with Crippen LogP contribution in [-0.4, -0.2) is 159 Å². The summed E-state index contributed by atoms with van der Waals surface area (Å²) >= 11 is 0. The molecule has 8 aliphatic heterocycles. The van der Waals surface area contributed by atoms with Crippen LogP contribution in [0.4, 0.5) is 0 Å². The Kier molecular flexibility index (Phi) is 28.4. The normalized spacial score (nSPS) is 33.3. The first kappa shape index (κ1) is 95.2. The highest BCUT2D eigenvalue weighted by molar-refractivity contribution is 5.87. The third kappa shape index (κ3) is 19.3. The van der Waals surface area contributed by atoms with Gasteiger partial charge in [0.2, 0.25) is 0 Å². The van der Waals surface area contributed by atoms with Crippen molar-refractivity contribution < 1.29 is 23.9 Å². The van der Waals surface area contributed by atoms with E-state index in [1.807, 2.05) is 48.5 Å². The van der Waals surface area contributed by atoms with Crippen molar-refractivity contribution in [2.24, 2.45) is 47.3 Å². The number of carbonyl (C=O) groups excluding carboxylic acids is 4. The number of hydrogen-bond donors (Lipinski definition) is 1. The Hall–Kier alpha value is -9.04. The highest BCUT2D eigenvalue weighted by atomic mass is 16.5. The molecule has 8 saturated carbocycles. The number of ether oxygens (including phenoxy) is 1. The van der Waals surface area contributed by atoms with Crippen LogP contribution in [0.2, 0.25) is 0 Å². The van der Waals surface area contributed by atoms with Gasteiger partial charge < -0.3 is 14.5 Å². The minimum Gasteiger partial charge on any atom is -0.465 e. The number of piperidine rings is 8. The zero-order valence-electron chi connectivity index (χ0n) is 82.2. The molecule has 8 saturated heterocycles. The molecule has 4 aromatic carbocycles. The molecule has 4 aromatic heterocycles. The predicted molar refractivity (Wildman–Crippen MR) is 538 cm³/mol. The van der Waals surface area contributed by atoms with E-state index in [4.69, 9.17) is 4.74 Å². The Morgan fingerprint density at radius 2 is 0.551 bits per heavy atom. The topological polar surface area (TPSA) is 277 Å². The van der Waals surface area contributed by atoms with Gasteiger partial charge in [-0.2, -0.15) is 0 Å².